The third-order valence-corrected chi connectivity index (χ3v) is 8.01. The largest absolute Gasteiger partial charge is 0.469 e. The van der Waals surface area contributed by atoms with E-state index in [4.69, 9.17) is 19.3 Å². The summed E-state index contributed by atoms with van der Waals surface area (Å²) in [6.07, 6.45) is 42.2. The Bertz CT molecular complexity index is 963. The monoisotopic (exact) mass is 694 g/mol. The molecule has 0 aliphatic rings. The Kier molecular flexibility index (Phi) is 33.0. The first-order valence-electron chi connectivity index (χ1n) is 18.6. The highest BCUT2D eigenvalue weighted by atomic mass is 31.2. The van der Waals surface area contributed by atoms with Gasteiger partial charge in [0, 0.05) is 12.8 Å². The van der Waals surface area contributed by atoms with Crippen molar-refractivity contribution in [2.75, 3.05) is 13.2 Å². The fourth-order valence-electron chi connectivity index (χ4n) is 4.77. The number of carbonyl (C=O) groups is 2. The molecule has 276 valence electrons. The van der Waals surface area contributed by atoms with Crippen LogP contribution in [0.15, 0.2) is 60.8 Å². The first-order chi connectivity index (χ1) is 23.3. The quantitative estimate of drug-likeness (QED) is 0.0301. The maximum Gasteiger partial charge on any atom is 0.469 e. The second-order valence-corrected chi connectivity index (χ2v) is 13.4. The van der Waals surface area contributed by atoms with Crippen molar-refractivity contribution in [1.82, 2.24) is 0 Å². The molecule has 0 aromatic heterocycles. The van der Waals surface area contributed by atoms with Gasteiger partial charge in [-0.25, -0.2) is 4.57 Å². The molecule has 8 nitrogen and oxygen atoms in total. The van der Waals surface area contributed by atoms with E-state index in [2.05, 4.69) is 79.1 Å². The molecule has 0 aliphatic carbocycles. The summed E-state index contributed by atoms with van der Waals surface area (Å²) >= 11 is 0. The van der Waals surface area contributed by atoms with Crippen molar-refractivity contribution < 1.29 is 37.9 Å². The third-order valence-electron chi connectivity index (χ3n) is 7.52. The fourth-order valence-corrected chi connectivity index (χ4v) is 5.13. The van der Waals surface area contributed by atoms with Crippen LogP contribution in [-0.4, -0.2) is 41.0 Å². The van der Waals surface area contributed by atoms with E-state index in [0.717, 1.165) is 89.9 Å². The molecular formula is C39H67O8P. The van der Waals surface area contributed by atoms with Crippen LogP contribution in [0.25, 0.3) is 0 Å². The lowest BCUT2D eigenvalue weighted by atomic mass is 10.1. The van der Waals surface area contributed by atoms with E-state index in [9.17, 15) is 14.2 Å². The standard InChI is InChI=1S/C39H67O8P/c1-3-5-7-9-11-13-15-17-18-19-20-22-23-25-27-29-31-33-38(40)45-35-37(36-46-48(42,43)44)47-39(41)34-32-30-28-26-24-21-16-14-12-10-8-6-4-2/h5,7,11,13-14,16-18,20,22,37H,3-4,6,8-10,12,15,19,21,23-36H2,1-2H3,(H2,42,43,44)/b7-5-,13-11-,16-14-,18-17-,22-20-/t37-/m1/s1. The highest BCUT2D eigenvalue weighted by Crippen LogP contribution is 2.36. The van der Waals surface area contributed by atoms with Crippen molar-refractivity contribution in [3.63, 3.8) is 0 Å². The zero-order valence-electron chi connectivity index (χ0n) is 30.1. The first-order valence-corrected chi connectivity index (χ1v) is 20.1. The number of rotatable bonds is 33. The van der Waals surface area contributed by atoms with Crippen molar-refractivity contribution in [1.29, 1.82) is 0 Å². The van der Waals surface area contributed by atoms with Crippen LogP contribution in [0, 0.1) is 0 Å². The van der Waals surface area contributed by atoms with Gasteiger partial charge in [-0.1, -0.05) is 126 Å². The predicted octanol–water partition coefficient (Wildman–Crippen LogP) is 11.0. The van der Waals surface area contributed by atoms with E-state index < -0.39 is 32.5 Å². The maximum absolute atomic E-state index is 12.3. The number of hydrogen-bond donors (Lipinski definition) is 2. The van der Waals surface area contributed by atoms with Crippen LogP contribution in [0.3, 0.4) is 0 Å². The number of allylic oxidation sites excluding steroid dienone is 10. The maximum atomic E-state index is 12.3. The van der Waals surface area contributed by atoms with Crippen LogP contribution >= 0.6 is 7.82 Å². The first kappa shape index (κ1) is 45.8. The van der Waals surface area contributed by atoms with Crippen molar-refractivity contribution in [3.05, 3.63) is 60.8 Å². The average Bonchev–Trinajstić information content (AvgIpc) is 3.05. The van der Waals surface area contributed by atoms with Gasteiger partial charge in [-0.3, -0.25) is 14.1 Å². The zero-order chi connectivity index (χ0) is 35.4. The summed E-state index contributed by atoms with van der Waals surface area (Å²) < 4.78 is 26.3. The van der Waals surface area contributed by atoms with Gasteiger partial charge in [0.1, 0.15) is 6.61 Å². The Labute approximate surface area is 292 Å². The van der Waals surface area contributed by atoms with Gasteiger partial charge in [-0.15, -0.1) is 0 Å². The number of ether oxygens (including phenoxy) is 2. The molecule has 0 unspecified atom stereocenters. The van der Waals surface area contributed by atoms with Crippen molar-refractivity contribution in [2.45, 2.75) is 161 Å². The average molecular weight is 695 g/mol. The minimum absolute atomic E-state index is 0.193. The SMILES string of the molecule is CC/C=C\C/C=C\C/C=C\C/C=C\CCCCCCC(=O)OC[C@H](COP(=O)(O)O)OC(=O)CCCCCCC/C=C\CCCCCC. The normalized spacial score (nSPS) is 13.2. The summed E-state index contributed by atoms with van der Waals surface area (Å²) in [7, 11) is -4.76. The molecule has 48 heavy (non-hydrogen) atoms. The Morgan fingerprint density at radius 1 is 0.562 bits per heavy atom. The number of carbonyl (C=O) groups excluding carboxylic acids is 2. The van der Waals surface area contributed by atoms with Gasteiger partial charge in [0.05, 0.1) is 6.61 Å². The van der Waals surface area contributed by atoms with Gasteiger partial charge in [0.2, 0.25) is 0 Å². The van der Waals surface area contributed by atoms with Gasteiger partial charge in [-0.2, -0.15) is 0 Å². The highest BCUT2D eigenvalue weighted by Gasteiger charge is 2.22. The van der Waals surface area contributed by atoms with E-state index in [1.807, 2.05) is 0 Å². The molecule has 0 aromatic carbocycles. The molecule has 9 heteroatoms. The number of esters is 2. The van der Waals surface area contributed by atoms with Crippen molar-refractivity contribution >= 4 is 19.8 Å². The van der Waals surface area contributed by atoms with Crippen molar-refractivity contribution in [3.8, 4) is 0 Å². The van der Waals surface area contributed by atoms with Gasteiger partial charge in [0.15, 0.2) is 6.10 Å². The third kappa shape index (κ3) is 36.6. The molecular weight excluding hydrogens is 627 g/mol. The molecule has 0 spiro atoms. The van der Waals surface area contributed by atoms with Crippen LogP contribution in [0.5, 0.6) is 0 Å². The van der Waals surface area contributed by atoms with E-state index in [1.165, 1.54) is 25.7 Å². The Morgan fingerprint density at radius 3 is 1.52 bits per heavy atom. The van der Waals surface area contributed by atoms with Crippen molar-refractivity contribution in [2.24, 2.45) is 0 Å². The molecule has 0 bridgehead atoms. The lowest BCUT2D eigenvalue weighted by molar-refractivity contribution is -0.161. The predicted molar refractivity (Wildman–Crippen MR) is 197 cm³/mol. The van der Waals surface area contributed by atoms with E-state index >= 15 is 0 Å². The fraction of sp³-hybridized carbons (Fsp3) is 0.692. The molecule has 0 aliphatic heterocycles. The summed E-state index contributed by atoms with van der Waals surface area (Å²) in [5.74, 6) is -0.929. The molecule has 0 fully saturated rings. The molecule has 0 saturated heterocycles. The second-order valence-electron chi connectivity index (χ2n) is 12.2. The van der Waals surface area contributed by atoms with E-state index in [1.54, 1.807) is 0 Å². The van der Waals surface area contributed by atoms with Gasteiger partial charge in [-0.05, 0) is 77.0 Å². The molecule has 2 N–H and O–H groups in total. The van der Waals surface area contributed by atoms with Gasteiger partial charge in [0.25, 0.3) is 0 Å². The van der Waals surface area contributed by atoms with E-state index in [-0.39, 0.29) is 19.4 Å². The smallest absolute Gasteiger partial charge is 0.462 e. The number of unbranched alkanes of at least 4 members (excludes halogenated alkanes) is 13. The minimum atomic E-state index is -4.76. The van der Waals surface area contributed by atoms with E-state index in [0.29, 0.717) is 12.8 Å². The van der Waals surface area contributed by atoms with Gasteiger partial charge >= 0.3 is 19.8 Å². The molecule has 0 saturated carbocycles. The lowest BCUT2D eigenvalue weighted by Gasteiger charge is -2.18. The van der Waals surface area contributed by atoms with Crippen LogP contribution in [0.4, 0.5) is 0 Å². The topological polar surface area (TPSA) is 119 Å². The second kappa shape index (κ2) is 34.6. The van der Waals surface area contributed by atoms with Crippen LogP contribution < -0.4 is 0 Å². The summed E-state index contributed by atoms with van der Waals surface area (Å²) in [5.41, 5.74) is 0. The molecule has 0 heterocycles. The molecule has 1 atom stereocenters. The Balaban J connectivity index is 4.04. The minimum Gasteiger partial charge on any atom is -0.462 e. The molecule has 0 aromatic rings. The molecule has 0 rings (SSSR count). The Hall–Kier alpha value is -2.25. The Morgan fingerprint density at radius 2 is 1.00 bits per heavy atom. The summed E-state index contributed by atoms with van der Waals surface area (Å²) in [5, 5.41) is 0. The number of phosphoric ester groups is 1. The van der Waals surface area contributed by atoms with Crippen LogP contribution in [0.2, 0.25) is 0 Å². The number of phosphoric acid groups is 1. The lowest BCUT2D eigenvalue weighted by Crippen LogP contribution is -2.29. The van der Waals surface area contributed by atoms with Crippen LogP contribution in [0.1, 0.15) is 155 Å². The number of hydrogen-bond acceptors (Lipinski definition) is 6. The molecule has 0 radical (unpaired) electrons. The summed E-state index contributed by atoms with van der Waals surface area (Å²) in [6.45, 7) is 3.51. The zero-order valence-corrected chi connectivity index (χ0v) is 31.0. The van der Waals surface area contributed by atoms with Crippen LogP contribution in [-0.2, 0) is 28.2 Å². The summed E-state index contributed by atoms with van der Waals surface area (Å²) in [6, 6.07) is 0. The van der Waals surface area contributed by atoms with Gasteiger partial charge < -0.3 is 19.3 Å². The highest BCUT2D eigenvalue weighted by molar-refractivity contribution is 7.46. The summed E-state index contributed by atoms with van der Waals surface area (Å²) in [4.78, 5) is 42.7. The molecule has 0 amide bonds.